The minimum Gasteiger partial charge on any atom is -0.369 e. The highest BCUT2D eigenvalue weighted by molar-refractivity contribution is 6.18. The molecule has 0 saturated carbocycles. The van der Waals surface area contributed by atoms with Crippen LogP contribution in [0.4, 0.5) is 15.8 Å². The molecule has 0 aliphatic heterocycles. The van der Waals surface area contributed by atoms with Crippen LogP contribution in [0, 0.1) is 12.7 Å². The fourth-order valence-corrected chi connectivity index (χ4v) is 3.35. The lowest BCUT2D eigenvalue weighted by Crippen LogP contribution is -2.27. The normalized spacial score (nSPS) is 11.3. The number of aryl methyl sites for hydroxylation is 1. The molecule has 0 fully saturated rings. The Kier molecular flexibility index (Phi) is 7.06. The summed E-state index contributed by atoms with van der Waals surface area (Å²) in [7, 11) is 0. The van der Waals surface area contributed by atoms with Gasteiger partial charge in [-0.2, -0.15) is 0 Å². The van der Waals surface area contributed by atoms with Gasteiger partial charge in [0.15, 0.2) is 0 Å². The number of aromatic nitrogens is 2. The Bertz CT molecular complexity index is 949. The van der Waals surface area contributed by atoms with Crippen LogP contribution >= 0.6 is 23.2 Å². The summed E-state index contributed by atoms with van der Waals surface area (Å²) in [5.41, 5.74) is 2.79. The number of para-hydroxylation sites is 2. The molecule has 0 N–H and O–H groups in total. The molecule has 0 atom stereocenters. The van der Waals surface area contributed by atoms with E-state index in [4.69, 9.17) is 23.2 Å². The number of benzene rings is 2. The van der Waals surface area contributed by atoms with E-state index in [2.05, 4.69) is 9.98 Å². The summed E-state index contributed by atoms with van der Waals surface area (Å²) in [6.07, 6.45) is 5.15. The Balaban J connectivity index is 1.87. The van der Waals surface area contributed by atoms with Crippen LogP contribution in [0.1, 0.15) is 11.4 Å². The molecule has 0 amide bonds. The van der Waals surface area contributed by atoms with Gasteiger partial charge in [-0.25, -0.2) is 9.37 Å². The lowest BCUT2D eigenvalue weighted by atomic mass is 10.2. The Morgan fingerprint density at radius 3 is 2.54 bits per heavy atom. The fourth-order valence-electron chi connectivity index (χ4n) is 2.94. The number of halogens is 3. The summed E-state index contributed by atoms with van der Waals surface area (Å²) >= 11 is 11.7. The molecule has 0 bridgehead atoms. The van der Waals surface area contributed by atoms with Crippen molar-refractivity contribution in [2.24, 2.45) is 4.99 Å². The quantitative estimate of drug-likeness (QED) is 0.364. The van der Waals surface area contributed by atoms with Gasteiger partial charge in [-0.05, 0) is 37.3 Å². The molecule has 146 valence electrons. The van der Waals surface area contributed by atoms with Crippen LogP contribution in [-0.4, -0.2) is 40.6 Å². The second-order valence-electron chi connectivity index (χ2n) is 6.16. The van der Waals surface area contributed by atoms with E-state index in [1.54, 1.807) is 12.3 Å². The molecule has 28 heavy (non-hydrogen) atoms. The fraction of sp³-hybridized carbons (Fsp3) is 0.238. The van der Waals surface area contributed by atoms with Gasteiger partial charge in [0.25, 0.3) is 0 Å². The summed E-state index contributed by atoms with van der Waals surface area (Å²) in [5, 5.41) is 0. The average molecular weight is 419 g/mol. The molecule has 1 heterocycles. The van der Waals surface area contributed by atoms with Crippen LogP contribution in [0.3, 0.4) is 0 Å². The first-order valence-electron chi connectivity index (χ1n) is 8.94. The van der Waals surface area contributed by atoms with Crippen molar-refractivity contribution in [1.82, 2.24) is 9.55 Å². The topological polar surface area (TPSA) is 33.4 Å². The molecular formula is C21H21Cl2FN4. The molecule has 0 radical (unpaired) electrons. The molecule has 0 saturated heterocycles. The van der Waals surface area contributed by atoms with Gasteiger partial charge < -0.3 is 9.47 Å². The van der Waals surface area contributed by atoms with Crippen molar-refractivity contribution < 1.29 is 4.39 Å². The molecule has 4 nitrogen and oxygen atoms in total. The maximum absolute atomic E-state index is 14.6. The first-order valence-corrected chi connectivity index (χ1v) is 10.0. The van der Waals surface area contributed by atoms with Gasteiger partial charge in [0, 0.05) is 54.7 Å². The van der Waals surface area contributed by atoms with Crippen LogP contribution in [0.5, 0.6) is 0 Å². The molecule has 0 unspecified atom stereocenters. The maximum Gasteiger partial charge on any atom is 0.134 e. The Labute approximate surface area is 174 Å². The first-order chi connectivity index (χ1) is 13.6. The Hall–Kier alpha value is -2.37. The third-order valence-corrected chi connectivity index (χ3v) is 4.71. The minimum atomic E-state index is -0.341. The first kappa shape index (κ1) is 20.4. The molecule has 0 aliphatic carbocycles. The SMILES string of the molecule is Cc1nccn1-c1ccccc1N=Cc1ccc(N(CCCl)CCCl)cc1F. The van der Waals surface area contributed by atoms with Gasteiger partial charge in [-0.3, -0.25) is 4.99 Å². The molecular weight excluding hydrogens is 398 g/mol. The van der Waals surface area contributed by atoms with Crippen molar-refractivity contribution in [3.05, 3.63) is 72.1 Å². The van der Waals surface area contributed by atoms with Gasteiger partial charge in [0.2, 0.25) is 0 Å². The second kappa shape index (κ2) is 9.71. The van der Waals surface area contributed by atoms with E-state index in [1.165, 1.54) is 12.3 Å². The van der Waals surface area contributed by atoms with Gasteiger partial charge in [-0.1, -0.05) is 12.1 Å². The molecule has 2 aromatic carbocycles. The predicted molar refractivity (Wildman–Crippen MR) is 116 cm³/mol. The summed E-state index contributed by atoms with van der Waals surface area (Å²) in [6.45, 7) is 3.14. The molecule has 3 aromatic rings. The summed E-state index contributed by atoms with van der Waals surface area (Å²) in [6, 6.07) is 12.7. The smallest absolute Gasteiger partial charge is 0.134 e. The number of nitrogens with zero attached hydrogens (tertiary/aromatic N) is 4. The van der Waals surface area contributed by atoms with Crippen LogP contribution in [0.2, 0.25) is 0 Å². The van der Waals surface area contributed by atoms with E-state index >= 15 is 0 Å². The van der Waals surface area contributed by atoms with Crippen molar-refractivity contribution in [3.8, 4) is 5.69 Å². The zero-order valence-electron chi connectivity index (χ0n) is 15.5. The van der Waals surface area contributed by atoms with E-state index in [0.717, 1.165) is 22.9 Å². The third kappa shape index (κ3) is 4.72. The lowest BCUT2D eigenvalue weighted by Gasteiger charge is -2.23. The second-order valence-corrected chi connectivity index (χ2v) is 6.92. The monoisotopic (exact) mass is 418 g/mol. The number of aliphatic imine (C=N–C) groups is 1. The summed E-state index contributed by atoms with van der Waals surface area (Å²) in [4.78, 5) is 10.7. The van der Waals surface area contributed by atoms with Crippen molar-refractivity contribution in [3.63, 3.8) is 0 Å². The number of anilines is 1. The number of hydrogen-bond acceptors (Lipinski definition) is 3. The minimum absolute atomic E-state index is 0.341. The van der Waals surface area contributed by atoms with E-state index in [1.807, 2.05) is 52.9 Å². The number of imidazole rings is 1. The number of alkyl halides is 2. The maximum atomic E-state index is 14.6. The standard InChI is InChI=1S/C21H21Cl2FN4/c1-16-25-10-13-28(16)21-5-3-2-4-20(21)26-15-17-6-7-18(14-19(17)24)27(11-8-22)12-9-23/h2-7,10,13-15H,8-9,11-12H2,1H3. The predicted octanol–water partition coefficient (Wildman–Crippen LogP) is 5.35. The third-order valence-electron chi connectivity index (χ3n) is 4.37. The largest absolute Gasteiger partial charge is 0.369 e. The van der Waals surface area contributed by atoms with E-state index in [0.29, 0.717) is 30.4 Å². The molecule has 0 spiro atoms. The zero-order chi connectivity index (χ0) is 19.9. The lowest BCUT2D eigenvalue weighted by molar-refractivity contribution is 0.625. The van der Waals surface area contributed by atoms with Gasteiger partial charge >= 0.3 is 0 Å². The van der Waals surface area contributed by atoms with Gasteiger partial charge in [0.1, 0.15) is 11.6 Å². The molecule has 0 aliphatic rings. The van der Waals surface area contributed by atoms with Crippen LogP contribution in [0.15, 0.2) is 59.9 Å². The van der Waals surface area contributed by atoms with Crippen molar-refractivity contribution in [2.45, 2.75) is 6.92 Å². The van der Waals surface area contributed by atoms with Gasteiger partial charge in [-0.15, -0.1) is 23.2 Å². The van der Waals surface area contributed by atoms with E-state index < -0.39 is 0 Å². The molecule has 7 heteroatoms. The van der Waals surface area contributed by atoms with Gasteiger partial charge in [0.05, 0.1) is 11.4 Å². The number of rotatable bonds is 8. The average Bonchev–Trinajstić information content (AvgIpc) is 3.13. The summed E-state index contributed by atoms with van der Waals surface area (Å²) < 4.78 is 16.6. The zero-order valence-corrected chi connectivity index (χ0v) is 17.0. The molecule has 1 aromatic heterocycles. The van der Waals surface area contributed by atoms with E-state index in [9.17, 15) is 4.39 Å². The van der Waals surface area contributed by atoms with Crippen LogP contribution in [-0.2, 0) is 0 Å². The van der Waals surface area contributed by atoms with E-state index in [-0.39, 0.29) is 5.82 Å². The highest BCUT2D eigenvalue weighted by Gasteiger charge is 2.09. The highest BCUT2D eigenvalue weighted by Crippen LogP contribution is 2.25. The molecule has 3 rings (SSSR count). The van der Waals surface area contributed by atoms with Crippen molar-refractivity contribution >= 4 is 40.8 Å². The van der Waals surface area contributed by atoms with Crippen LogP contribution in [0.25, 0.3) is 5.69 Å². The Morgan fingerprint density at radius 2 is 1.89 bits per heavy atom. The Morgan fingerprint density at radius 1 is 1.14 bits per heavy atom. The van der Waals surface area contributed by atoms with Crippen molar-refractivity contribution in [1.29, 1.82) is 0 Å². The highest BCUT2D eigenvalue weighted by atomic mass is 35.5. The summed E-state index contributed by atoms with van der Waals surface area (Å²) in [5.74, 6) is 1.42. The van der Waals surface area contributed by atoms with Crippen LogP contribution < -0.4 is 4.90 Å². The number of hydrogen-bond donors (Lipinski definition) is 0. The van der Waals surface area contributed by atoms with Crippen molar-refractivity contribution in [2.75, 3.05) is 29.7 Å².